The zero-order chi connectivity index (χ0) is 21.0. The van der Waals surface area contributed by atoms with Crippen molar-refractivity contribution in [2.24, 2.45) is 0 Å². The second-order valence-corrected chi connectivity index (χ2v) is 8.80. The fraction of sp³-hybridized carbons (Fsp3) is 0.583. The summed E-state index contributed by atoms with van der Waals surface area (Å²) in [5.41, 5.74) is 1.56. The molecule has 30 heavy (non-hydrogen) atoms. The lowest BCUT2D eigenvalue weighted by molar-refractivity contribution is -0.151. The van der Waals surface area contributed by atoms with Crippen molar-refractivity contribution in [3.05, 3.63) is 47.0 Å². The first-order valence-electron chi connectivity index (χ1n) is 11.3. The highest BCUT2D eigenvalue weighted by molar-refractivity contribution is 6.07. The Morgan fingerprint density at radius 2 is 1.77 bits per heavy atom. The van der Waals surface area contributed by atoms with Crippen LogP contribution in [0.1, 0.15) is 44.6 Å². The number of ether oxygens (including phenoxy) is 1. The monoisotopic (exact) mass is 411 g/mol. The summed E-state index contributed by atoms with van der Waals surface area (Å²) in [4.78, 5) is 30.2. The molecule has 0 atom stereocenters. The number of carbonyl (C=O) groups is 2. The lowest BCUT2D eigenvalue weighted by Crippen LogP contribution is -2.48. The molecule has 4 rings (SSSR count). The largest absolute Gasteiger partial charge is 0.450 e. The quantitative estimate of drug-likeness (QED) is 0.552. The summed E-state index contributed by atoms with van der Waals surface area (Å²) in [6.45, 7) is 8.22. The minimum Gasteiger partial charge on any atom is -0.450 e. The molecule has 1 N–H and O–H groups in total. The summed E-state index contributed by atoms with van der Waals surface area (Å²) in [7, 11) is 0. The summed E-state index contributed by atoms with van der Waals surface area (Å²) < 4.78 is 5.81. The third-order valence-corrected chi connectivity index (χ3v) is 6.70. The van der Waals surface area contributed by atoms with Gasteiger partial charge in [-0.2, -0.15) is 0 Å². The summed E-state index contributed by atoms with van der Waals surface area (Å²) in [5.74, 6) is -0.468. The topological polar surface area (TPSA) is 61.9 Å². The highest BCUT2D eigenvalue weighted by Gasteiger charge is 2.50. The number of benzene rings is 1. The molecule has 0 unspecified atom stereocenters. The van der Waals surface area contributed by atoms with E-state index in [0.29, 0.717) is 30.5 Å². The van der Waals surface area contributed by atoms with Gasteiger partial charge in [0.15, 0.2) is 0 Å². The van der Waals surface area contributed by atoms with Crippen molar-refractivity contribution in [3.8, 4) is 0 Å². The molecular formula is C24H33N3O3. The molecule has 2 fully saturated rings. The molecule has 3 heterocycles. The molecule has 1 aromatic rings. The summed E-state index contributed by atoms with van der Waals surface area (Å²) in [6, 6.07) is 10.4. The average molecular weight is 412 g/mol. The standard InChI is InChI=1S/C24H33N3O3/c1-19-21(22(28)25-12-7-15-26-13-5-6-14-26)24(30-23(19)29)10-16-27(17-11-24)18-20-8-3-2-4-9-20/h2-4,8-9H,5-7,10-18H2,1H3,(H,25,28). The van der Waals surface area contributed by atoms with E-state index < -0.39 is 5.60 Å². The molecular weight excluding hydrogens is 378 g/mol. The van der Waals surface area contributed by atoms with E-state index in [1.165, 1.54) is 31.5 Å². The lowest BCUT2D eigenvalue weighted by atomic mass is 9.82. The van der Waals surface area contributed by atoms with Gasteiger partial charge in [-0.1, -0.05) is 30.3 Å². The highest BCUT2D eigenvalue weighted by Crippen LogP contribution is 2.41. The van der Waals surface area contributed by atoms with Crippen LogP contribution >= 0.6 is 0 Å². The average Bonchev–Trinajstić information content (AvgIpc) is 3.35. The molecule has 1 spiro atoms. The van der Waals surface area contributed by atoms with Crippen molar-refractivity contribution in [2.45, 2.75) is 51.2 Å². The molecule has 6 nitrogen and oxygen atoms in total. The van der Waals surface area contributed by atoms with E-state index in [9.17, 15) is 9.59 Å². The number of rotatable bonds is 7. The predicted molar refractivity (Wildman–Crippen MR) is 116 cm³/mol. The molecule has 0 radical (unpaired) electrons. The number of carbonyl (C=O) groups excluding carboxylic acids is 2. The van der Waals surface area contributed by atoms with E-state index in [1.54, 1.807) is 6.92 Å². The first kappa shape index (κ1) is 21.1. The van der Waals surface area contributed by atoms with Crippen LogP contribution in [0.3, 0.4) is 0 Å². The number of nitrogens with one attached hydrogen (secondary N) is 1. The van der Waals surface area contributed by atoms with Gasteiger partial charge < -0.3 is 15.0 Å². The molecule has 0 aliphatic carbocycles. The molecule has 0 saturated carbocycles. The highest BCUT2D eigenvalue weighted by atomic mass is 16.6. The van der Waals surface area contributed by atoms with E-state index in [4.69, 9.17) is 4.74 Å². The number of piperidine rings is 1. The van der Waals surface area contributed by atoms with Gasteiger partial charge in [0.25, 0.3) is 5.91 Å². The van der Waals surface area contributed by atoms with Gasteiger partial charge >= 0.3 is 5.97 Å². The second kappa shape index (κ2) is 9.31. The third kappa shape index (κ3) is 4.60. The summed E-state index contributed by atoms with van der Waals surface area (Å²) in [6.07, 6.45) is 4.83. The van der Waals surface area contributed by atoms with Crippen molar-refractivity contribution in [1.29, 1.82) is 0 Å². The van der Waals surface area contributed by atoms with E-state index in [-0.39, 0.29) is 11.9 Å². The van der Waals surface area contributed by atoms with Crippen LogP contribution in [-0.2, 0) is 20.9 Å². The van der Waals surface area contributed by atoms with Crippen LogP contribution in [0.2, 0.25) is 0 Å². The maximum atomic E-state index is 13.0. The van der Waals surface area contributed by atoms with Crippen LogP contribution in [0.5, 0.6) is 0 Å². The van der Waals surface area contributed by atoms with Crippen molar-refractivity contribution in [1.82, 2.24) is 15.1 Å². The Morgan fingerprint density at radius 3 is 2.47 bits per heavy atom. The van der Waals surface area contributed by atoms with Gasteiger partial charge in [-0.25, -0.2) is 4.79 Å². The Bertz CT molecular complexity index is 791. The normalized spacial score (nSPS) is 22.0. The van der Waals surface area contributed by atoms with Gasteiger partial charge in [-0.15, -0.1) is 0 Å². The van der Waals surface area contributed by atoms with Gasteiger partial charge in [-0.3, -0.25) is 9.69 Å². The first-order valence-corrected chi connectivity index (χ1v) is 11.3. The second-order valence-electron chi connectivity index (χ2n) is 8.80. The Morgan fingerprint density at radius 1 is 1.07 bits per heavy atom. The van der Waals surface area contributed by atoms with Crippen LogP contribution in [0.4, 0.5) is 0 Å². The zero-order valence-electron chi connectivity index (χ0n) is 18.0. The Balaban J connectivity index is 1.33. The molecule has 3 aliphatic rings. The molecule has 1 aromatic carbocycles. The van der Waals surface area contributed by atoms with E-state index >= 15 is 0 Å². The van der Waals surface area contributed by atoms with Crippen LogP contribution in [-0.4, -0.2) is 66.5 Å². The van der Waals surface area contributed by atoms with Gasteiger partial charge in [0.05, 0.1) is 5.57 Å². The minimum absolute atomic E-state index is 0.128. The molecule has 6 heteroatoms. The van der Waals surface area contributed by atoms with Gasteiger partial charge in [0.1, 0.15) is 5.60 Å². The molecule has 3 aliphatic heterocycles. The number of esters is 1. The van der Waals surface area contributed by atoms with Crippen LogP contribution in [0.15, 0.2) is 41.5 Å². The minimum atomic E-state index is -0.757. The lowest BCUT2D eigenvalue weighted by Gasteiger charge is -2.39. The van der Waals surface area contributed by atoms with E-state index in [2.05, 4.69) is 39.4 Å². The maximum absolute atomic E-state index is 13.0. The Kier molecular flexibility index (Phi) is 6.54. The van der Waals surface area contributed by atoms with E-state index in [1.807, 2.05) is 6.07 Å². The molecule has 0 aromatic heterocycles. The first-order chi connectivity index (χ1) is 14.6. The number of nitrogens with zero attached hydrogens (tertiary/aromatic N) is 2. The van der Waals surface area contributed by atoms with Crippen molar-refractivity contribution in [3.63, 3.8) is 0 Å². The Labute approximate surface area is 179 Å². The van der Waals surface area contributed by atoms with Crippen LogP contribution in [0.25, 0.3) is 0 Å². The number of hydrogen-bond donors (Lipinski definition) is 1. The van der Waals surface area contributed by atoms with Crippen LogP contribution < -0.4 is 5.32 Å². The molecule has 2 saturated heterocycles. The zero-order valence-corrected chi connectivity index (χ0v) is 18.0. The van der Waals surface area contributed by atoms with Crippen molar-refractivity contribution < 1.29 is 14.3 Å². The number of likely N-dealkylation sites (tertiary alicyclic amines) is 2. The van der Waals surface area contributed by atoms with Crippen LogP contribution in [0, 0.1) is 0 Å². The molecule has 162 valence electrons. The van der Waals surface area contributed by atoms with E-state index in [0.717, 1.165) is 32.6 Å². The third-order valence-electron chi connectivity index (χ3n) is 6.70. The maximum Gasteiger partial charge on any atom is 0.335 e. The summed E-state index contributed by atoms with van der Waals surface area (Å²) >= 11 is 0. The summed E-state index contributed by atoms with van der Waals surface area (Å²) in [5, 5.41) is 3.05. The smallest absolute Gasteiger partial charge is 0.335 e. The van der Waals surface area contributed by atoms with Crippen molar-refractivity contribution >= 4 is 11.9 Å². The fourth-order valence-corrected chi connectivity index (χ4v) is 4.99. The number of hydrogen-bond acceptors (Lipinski definition) is 5. The fourth-order valence-electron chi connectivity index (χ4n) is 4.99. The SMILES string of the molecule is CC1=C(C(=O)NCCCN2CCCC2)C2(CCN(Cc3ccccc3)CC2)OC1=O. The van der Waals surface area contributed by atoms with Gasteiger partial charge in [0.2, 0.25) is 0 Å². The van der Waals surface area contributed by atoms with Gasteiger partial charge in [0, 0.05) is 44.6 Å². The molecule has 0 bridgehead atoms. The molecule has 1 amide bonds. The van der Waals surface area contributed by atoms with Gasteiger partial charge in [-0.05, 0) is 51.4 Å². The Hall–Kier alpha value is -2.18. The van der Waals surface area contributed by atoms with Crippen molar-refractivity contribution in [2.75, 3.05) is 39.3 Å². The predicted octanol–water partition coefficient (Wildman–Crippen LogP) is 2.50. The number of amides is 1.